The number of amides is 3. The monoisotopic (exact) mass is 424 g/mol. The normalized spacial score (nSPS) is 15.0. The van der Waals surface area contributed by atoms with Crippen LogP contribution in [0.15, 0.2) is 22.7 Å². The highest BCUT2D eigenvalue weighted by atomic mass is 16.3. The number of furan rings is 1. The third-order valence-corrected chi connectivity index (χ3v) is 5.70. The molecule has 1 fully saturated rings. The summed E-state index contributed by atoms with van der Waals surface area (Å²) < 4.78 is 7.53. The lowest BCUT2D eigenvalue weighted by atomic mass is 10.1. The maximum absolute atomic E-state index is 13.6. The molecular weight excluding hydrogens is 396 g/mol. The minimum absolute atomic E-state index is 0.0951. The molecule has 0 aliphatic carbocycles. The van der Waals surface area contributed by atoms with Gasteiger partial charge in [0.2, 0.25) is 0 Å². The number of hydrogen-bond acceptors (Lipinski definition) is 5. The van der Waals surface area contributed by atoms with Crippen LogP contribution in [0.1, 0.15) is 48.2 Å². The van der Waals surface area contributed by atoms with Crippen molar-refractivity contribution < 1.29 is 14.0 Å². The van der Waals surface area contributed by atoms with Crippen LogP contribution < -0.4 is 5.73 Å². The van der Waals surface area contributed by atoms with E-state index in [9.17, 15) is 9.59 Å². The van der Waals surface area contributed by atoms with Crippen LogP contribution in [-0.4, -0.2) is 62.7 Å². The summed E-state index contributed by atoms with van der Waals surface area (Å²) in [5, 5.41) is 5.21. The first-order valence-corrected chi connectivity index (χ1v) is 10.6. The molecule has 0 bridgehead atoms. The van der Waals surface area contributed by atoms with Crippen LogP contribution in [0.3, 0.4) is 0 Å². The van der Waals surface area contributed by atoms with Gasteiger partial charge in [-0.25, -0.2) is 14.5 Å². The molecule has 3 aromatic rings. The van der Waals surface area contributed by atoms with E-state index in [-0.39, 0.29) is 11.9 Å². The largest absolute Gasteiger partial charge is 0.466 e. The van der Waals surface area contributed by atoms with Gasteiger partial charge in [-0.2, -0.15) is 5.10 Å². The Morgan fingerprint density at radius 2 is 1.81 bits per heavy atom. The lowest BCUT2D eigenvalue weighted by Crippen LogP contribution is -2.39. The van der Waals surface area contributed by atoms with Gasteiger partial charge in [0, 0.05) is 37.8 Å². The van der Waals surface area contributed by atoms with Crippen molar-refractivity contribution in [2.45, 2.75) is 40.2 Å². The molecule has 9 heteroatoms. The Morgan fingerprint density at radius 3 is 2.45 bits per heavy atom. The standard InChI is InChI=1S/C22H28N6O3/c1-13(2)28-20-18(12-24-28)17(11-19(25-20)16-10-14(3)31-15(16)4)21(29)26-6-5-7-27(9-8-26)22(23)30/h10-13H,5-9H2,1-4H3,(H2,23,30). The highest BCUT2D eigenvalue weighted by Crippen LogP contribution is 2.30. The fraction of sp³-hybridized carbons (Fsp3) is 0.455. The van der Waals surface area contributed by atoms with Crippen LogP contribution in [0.25, 0.3) is 22.3 Å². The number of nitrogens with zero attached hydrogens (tertiary/aromatic N) is 5. The third-order valence-electron chi connectivity index (χ3n) is 5.70. The molecule has 0 saturated carbocycles. The first-order valence-electron chi connectivity index (χ1n) is 10.6. The van der Waals surface area contributed by atoms with Crippen LogP contribution in [0.5, 0.6) is 0 Å². The van der Waals surface area contributed by atoms with Gasteiger partial charge in [0.15, 0.2) is 5.65 Å². The second-order valence-electron chi connectivity index (χ2n) is 8.27. The number of urea groups is 1. The predicted molar refractivity (Wildman–Crippen MR) is 117 cm³/mol. The number of carbonyl (C=O) groups is 2. The summed E-state index contributed by atoms with van der Waals surface area (Å²) in [5.74, 6) is 1.45. The highest BCUT2D eigenvalue weighted by molar-refractivity contribution is 6.06. The number of rotatable bonds is 3. The summed E-state index contributed by atoms with van der Waals surface area (Å²) in [6.07, 6.45) is 2.39. The fourth-order valence-electron chi connectivity index (χ4n) is 4.11. The van der Waals surface area contributed by atoms with E-state index in [4.69, 9.17) is 15.1 Å². The molecule has 1 saturated heterocycles. The van der Waals surface area contributed by atoms with Gasteiger partial charge in [-0.05, 0) is 46.2 Å². The number of primary amides is 1. The molecule has 4 rings (SSSR count). The number of hydrogen-bond donors (Lipinski definition) is 1. The minimum Gasteiger partial charge on any atom is -0.466 e. The second kappa shape index (κ2) is 8.05. The van der Waals surface area contributed by atoms with Gasteiger partial charge in [-0.3, -0.25) is 4.79 Å². The van der Waals surface area contributed by atoms with E-state index < -0.39 is 6.03 Å². The number of fused-ring (bicyclic) bond motifs is 1. The van der Waals surface area contributed by atoms with Crippen molar-refractivity contribution in [2.75, 3.05) is 26.2 Å². The third kappa shape index (κ3) is 3.87. The molecule has 1 aliphatic heterocycles. The van der Waals surface area contributed by atoms with Gasteiger partial charge in [-0.15, -0.1) is 0 Å². The van der Waals surface area contributed by atoms with Gasteiger partial charge in [0.1, 0.15) is 11.5 Å². The minimum atomic E-state index is -0.452. The number of carbonyl (C=O) groups excluding carboxylic acids is 2. The molecule has 0 unspecified atom stereocenters. The molecular formula is C22H28N6O3. The lowest BCUT2D eigenvalue weighted by Gasteiger charge is -2.22. The lowest BCUT2D eigenvalue weighted by molar-refractivity contribution is 0.0764. The van der Waals surface area contributed by atoms with Crippen molar-refractivity contribution in [3.8, 4) is 11.3 Å². The van der Waals surface area contributed by atoms with Crippen LogP contribution in [0.4, 0.5) is 4.79 Å². The van der Waals surface area contributed by atoms with Gasteiger partial charge in [-0.1, -0.05) is 0 Å². The predicted octanol–water partition coefficient (Wildman–Crippen LogP) is 3.12. The maximum Gasteiger partial charge on any atom is 0.314 e. The molecule has 1 aliphatic rings. The van der Waals surface area contributed by atoms with E-state index in [0.717, 1.165) is 22.5 Å². The number of aromatic nitrogens is 3. The smallest absolute Gasteiger partial charge is 0.314 e. The van der Waals surface area contributed by atoms with Crippen LogP contribution in [-0.2, 0) is 0 Å². The quantitative estimate of drug-likeness (QED) is 0.694. The summed E-state index contributed by atoms with van der Waals surface area (Å²) in [7, 11) is 0. The maximum atomic E-state index is 13.6. The van der Waals surface area contributed by atoms with Crippen LogP contribution in [0, 0.1) is 13.8 Å². The first-order chi connectivity index (χ1) is 14.8. The van der Waals surface area contributed by atoms with E-state index in [1.165, 1.54) is 0 Å². The summed E-state index contributed by atoms with van der Waals surface area (Å²) in [4.78, 5) is 33.3. The Labute approximate surface area is 180 Å². The number of aryl methyl sites for hydroxylation is 2. The zero-order valence-electron chi connectivity index (χ0n) is 18.4. The average molecular weight is 425 g/mol. The molecule has 4 heterocycles. The molecule has 31 heavy (non-hydrogen) atoms. The molecule has 2 N–H and O–H groups in total. The Hall–Kier alpha value is -3.36. The van der Waals surface area contributed by atoms with Gasteiger partial charge < -0.3 is 20.0 Å². The molecule has 3 amide bonds. The SMILES string of the molecule is Cc1cc(-c2cc(C(=O)N3CCCN(C(N)=O)CC3)c3cnn(C(C)C)c3n2)c(C)o1. The van der Waals surface area contributed by atoms with E-state index in [1.54, 1.807) is 16.0 Å². The Kier molecular flexibility index (Phi) is 5.43. The van der Waals surface area contributed by atoms with Crippen molar-refractivity contribution >= 4 is 23.0 Å². The zero-order valence-corrected chi connectivity index (χ0v) is 18.4. The van der Waals surface area contributed by atoms with E-state index in [2.05, 4.69) is 5.10 Å². The van der Waals surface area contributed by atoms with Crippen LogP contribution in [0.2, 0.25) is 0 Å². The van der Waals surface area contributed by atoms with Crippen molar-refractivity contribution in [3.05, 3.63) is 35.4 Å². The second-order valence-corrected chi connectivity index (χ2v) is 8.27. The Balaban J connectivity index is 1.80. The number of nitrogens with two attached hydrogens (primary N) is 1. The van der Waals surface area contributed by atoms with E-state index in [0.29, 0.717) is 49.5 Å². The summed E-state index contributed by atoms with van der Waals surface area (Å²) in [6.45, 7) is 9.81. The van der Waals surface area contributed by atoms with Gasteiger partial charge in [0.25, 0.3) is 5.91 Å². The summed E-state index contributed by atoms with van der Waals surface area (Å²) >= 11 is 0. The van der Waals surface area contributed by atoms with Gasteiger partial charge >= 0.3 is 6.03 Å². The zero-order chi connectivity index (χ0) is 22.3. The van der Waals surface area contributed by atoms with Crippen molar-refractivity contribution in [3.63, 3.8) is 0 Å². The molecule has 9 nitrogen and oxygen atoms in total. The molecule has 3 aromatic heterocycles. The van der Waals surface area contributed by atoms with Crippen molar-refractivity contribution in [1.29, 1.82) is 0 Å². The first kappa shape index (κ1) is 20.9. The van der Waals surface area contributed by atoms with Crippen molar-refractivity contribution in [1.82, 2.24) is 24.6 Å². The summed E-state index contributed by atoms with van der Waals surface area (Å²) in [5.41, 5.74) is 8.20. The highest BCUT2D eigenvalue weighted by Gasteiger charge is 2.26. The molecule has 0 spiro atoms. The van der Waals surface area contributed by atoms with Gasteiger partial charge in [0.05, 0.1) is 22.8 Å². The Bertz CT molecular complexity index is 1150. The van der Waals surface area contributed by atoms with E-state index >= 15 is 0 Å². The van der Waals surface area contributed by atoms with E-state index in [1.807, 2.05) is 44.5 Å². The number of pyridine rings is 1. The topological polar surface area (TPSA) is 110 Å². The fourth-order valence-corrected chi connectivity index (χ4v) is 4.11. The van der Waals surface area contributed by atoms with Crippen molar-refractivity contribution in [2.24, 2.45) is 5.73 Å². The Morgan fingerprint density at radius 1 is 1.10 bits per heavy atom. The summed E-state index contributed by atoms with van der Waals surface area (Å²) in [6, 6.07) is 3.40. The molecule has 0 atom stereocenters. The molecule has 0 aromatic carbocycles. The molecule has 164 valence electrons. The van der Waals surface area contributed by atoms with Crippen LogP contribution >= 0.6 is 0 Å². The average Bonchev–Trinajstić information content (AvgIpc) is 3.19. The molecule has 0 radical (unpaired) electrons.